The van der Waals surface area contributed by atoms with Crippen molar-refractivity contribution < 1.29 is 14.6 Å². The van der Waals surface area contributed by atoms with Crippen LogP contribution in [0.3, 0.4) is 0 Å². The maximum absolute atomic E-state index is 10.9. The molecule has 20 heavy (non-hydrogen) atoms. The van der Waals surface area contributed by atoms with Crippen LogP contribution in [0.4, 0.5) is 0 Å². The van der Waals surface area contributed by atoms with E-state index in [0.29, 0.717) is 17.9 Å². The molecule has 0 fully saturated rings. The second-order valence-corrected chi connectivity index (χ2v) is 4.79. The fraction of sp³-hybridized carbons (Fsp3) is 0.188. The number of carboxylic acid groups (broad SMARTS) is 1. The van der Waals surface area contributed by atoms with E-state index in [4.69, 9.17) is 10.5 Å². The number of nitrogens with two attached hydrogens (primary N) is 1. The molecule has 2 aromatic rings. The van der Waals surface area contributed by atoms with Crippen molar-refractivity contribution in [3.8, 4) is 5.75 Å². The highest BCUT2D eigenvalue weighted by atomic mass is 16.5. The summed E-state index contributed by atoms with van der Waals surface area (Å²) >= 11 is 0. The van der Waals surface area contributed by atoms with Crippen LogP contribution in [0, 0.1) is 0 Å². The second kappa shape index (κ2) is 5.75. The van der Waals surface area contributed by atoms with Crippen LogP contribution in [0.5, 0.6) is 5.75 Å². The van der Waals surface area contributed by atoms with Crippen LogP contribution in [0.2, 0.25) is 0 Å². The van der Waals surface area contributed by atoms with Gasteiger partial charge < -0.3 is 20.4 Å². The van der Waals surface area contributed by atoms with Gasteiger partial charge in [0.05, 0.1) is 11.5 Å². The van der Waals surface area contributed by atoms with Crippen LogP contribution in [0.1, 0.15) is 18.1 Å². The number of ether oxygens (including phenoxy) is 1. The Bertz CT molecular complexity index is 576. The molecule has 0 aliphatic rings. The van der Waals surface area contributed by atoms with Crippen LogP contribution >= 0.6 is 0 Å². The topological polar surface area (TPSA) is 75.4 Å². The summed E-state index contributed by atoms with van der Waals surface area (Å²) in [6, 6.07) is 16.5. The van der Waals surface area contributed by atoms with Gasteiger partial charge in [-0.25, -0.2) is 0 Å². The lowest BCUT2D eigenvalue weighted by molar-refractivity contribution is -0.313. The number of rotatable bonds is 5. The first kappa shape index (κ1) is 14.1. The predicted molar refractivity (Wildman–Crippen MR) is 73.8 cm³/mol. The molecular formula is C16H16NO3-. The van der Waals surface area contributed by atoms with Crippen molar-refractivity contribution in [2.75, 3.05) is 0 Å². The fourth-order valence-corrected chi connectivity index (χ4v) is 1.76. The van der Waals surface area contributed by atoms with E-state index in [2.05, 4.69) is 0 Å². The van der Waals surface area contributed by atoms with E-state index in [-0.39, 0.29) is 0 Å². The summed E-state index contributed by atoms with van der Waals surface area (Å²) in [6.45, 7) is 1.86. The minimum absolute atomic E-state index is 0.459. The van der Waals surface area contributed by atoms with Gasteiger partial charge in [-0.05, 0) is 30.2 Å². The predicted octanol–water partition coefficient (Wildman–Crippen LogP) is 1.19. The summed E-state index contributed by atoms with van der Waals surface area (Å²) in [5.74, 6) is -0.651. The highest BCUT2D eigenvalue weighted by Crippen LogP contribution is 2.21. The van der Waals surface area contributed by atoms with Gasteiger partial charge in [-0.2, -0.15) is 0 Å². The summed E-state index contributed by atoms with van der Waals surface area (Å²) in [4.78, 5) is 10.9. The Balaban J connectivity index is 2.04. The maximum Gasteiger partial charge on any atom is 0.119 e. The minimum atomic E-state index is -1.50. The van der Waals surface area contributed by atoms with Crippen LogP contribution in [-0.2, 0) is 16.9 Å². The SMILES string of the molecule is CC(N)(C(=O)[O-])c1ccc(OCc2ccccc2)cc1. The Labute approximate surface area is 117 Å². The second-order valence-electron chi connectivity index (χ2n) is 4.79. The third-order valence-corrected chi connectivity index (χ3v) is 3.13. The quantitative estimate of drug-likeness (QED) is 0.885. The molecule has 0 amide bonds. The van der Waals surface area contributed by atoms with Crippen molar-refractivity contribution in [1.29, 1.82) is 0 Å². The summed E-state index contributed by atoms with van der Waals surface area (Å²) < 4.78 is 5.62. The normalized spacial score (nSPS) is 13.5. The standard InChI is InChI=1S/C16H17NO3/c1-16(17,15(18)19)13-7-9-14(10-8-13)20-11-12-5-3-2-4-6-12/h2-10H,11,17H2,1H3,(H,18,19)/p-1. The van der Waals surface area contributed by atoms with E-state index in [9.17, 15) is 9.90 Å². The molecule has 4 nitrogen and oxygen atoms in total. The Morgan fingerprint density at radius 3 is 2.30 bits per heavy atom. The molecule has 0 saturated heterocycles. The molecule has 2 aromatic carbocycles. The van der Waals surface area contributed by atoms with Crippen LogP contribution in [0.15, 0.2) is 54.6 Å². The van der Waals surface area contributed by atoms with Gasteiger partial charge in [0.25, 0.3) is 0 Å². The third-order valence-electron chi connectivity index (χ3n) is 3.13. The van der Waals surface area contributed by atoms with Crippen LogP contribution < -0.4 is 15.6 Å². The first-order valence-electron chi connectivity index (χ1n) is 6.28. The molecule has 0 bridgehead atoms. The van der Waals surface area contributed by atoms with Crippen molar-refractivity contribution in [1.82, 2.24) is 0 Å². The lowest BCUT2D eigenvalue weighted by atomic mass is 9.93. The van der Waals surface area contributed by atoms with Gasteiger partial charge in [0.2, 0.25) is 0 Å². The van der Waals surface area contributed by atoms with Gasteiger partial charge >= 0.3 is 0 Å². The molecule has 0 heterocycles. The molecule has 0 aliphatic carbocycles. The Hall–Kier alpha value is -2.33. The van der Waals surface area contributed by atoms with Crippen molar-refractivity contribution in [3.63, 3.8) is 0 Å². The number of carboxylic acids is 1. The zero-order chi connectivity index (χ0) is 14.6. The number of carbonyl (C=O) groups is 1. The van der Waals surface area contributed by atoms with Gasteiger partial charge in [-0.3, -0.25) is 0 Å². The van der Waals surface area contributed by atoms with Crippen molar-refractivity contribution in [2.24, 2.45) is 5.73 Å². The van der Waals surface area contributed by atoms with Gasteiger partial charge in [0, 0.05) is 0 Å². The fourth-order valence-electron chi connectivity index (χ4n) is 1.76. The van der Waals surface area contributed by atoms with E-state index >= 15 is 0 Å². The minimum Gasteiger partial charge on any atom is -0.548 e. The molecule has 1 atom stereocenters. The van der Waals surface area contributed by atoms with Gasteiger partial charge in [-0.15, -0.1) is 0 Å². The Morgan fingerprint density at radius 1 is 1.15 bits per heavy atom. The van der Waals surface area contributed by atoms with Gasteiger partial charge in [0.15, 0.2) is 0 Å². The monoisotopic (exact) mass is 270 g/mol. The van der Waals surface area contributed by atoms with Crippen molar-refractivity contribution in [2.45, 2.75) is 19.1 Å². The number of hydrogen-bond donors (Lipinski definition) is 1. The molecule has 0 saturated carbocycles. The van der Waals surface area contributed by atoms with Gasteiger partial charge in [-0.1, -0.05) is 42.5 Å². The molecule has 104 valence electrons. The molecule has 0 aromatic heterocycles. The lowest BCUT2D eigenvalue weighted by Crippen LogP contribution is -2.50. The zero-order valence-corrected chi connectivity index (χ0v) is 11.2. The Morgan fingerprint density at radius 2 is 1.75 bits per heavy atom. The highest BCUT2D eigenvalue weighted by Gasteiger charge is 2.22. The molecule has 4 heteroatoms. The van der Waals surface area contributed by atoms with E-state index in [1.807, 2.05) is 30.3 Å². The molecule has 0 aliphatic heterocycles. The largest absolute Gasteiger partial charge is 0.548 e. The maximum atomic E-state index is 10.9. The summed E-state index contributed by atoms with van der Waals surface area (Å²) in [6.07, 6.45) is 0. The molecular weight excluding hydrogens is 254 g/mol. The number of benzene rings is 2. The first-order valence-corrected chi connectivity index (χ1v) is 6.28. The highest BCUT2D eigenvalue weighted by molar-refractivity contribution is 5.77. The lowest BCUT2D eigenvalue weighted by Gasteiger charge is -2.26. The van der Waals surface area contributed by atoms with Crippen LogP contribution in [-0.4, -0.2) is 5.97 Å². The van der Waals surface area contributed by atoms with Gasteiger partial charge in [0.1, 0.15) is 12.4 Å². The summed E-state index contributed by atoms with van der Waals surface area (Å²) in [5, 5.41) is 10.9. The summed E-state index contributed by atoms with van der Waals surface area (Å²) in [7, 11) is 0. The molecule has 1 unspecified atom stereocenters. The van der Waals surface area contributed by atoms with Crippen LogP contribution in [0.25, 0.3) is 0 Å². The van der Waals surface area contributed by atoms with E-state index in [0.717, 1.165) is 5.56 Å². The molecule has 0 radical (unpaired) electrons. The smallest absolute Gasteiger partial charge is 0.119 e. The Kier molecular flexibility index (Phi) is 4.05. The number of aliphatic carboxylic acids is 1. The average molecular weight is 270 g/mol. The molecule has 2 rings (SSSR count). The summed E-state index contributed by atoms with van der Waals surface area (Å²) in [5.41, 5.74) is 5.73. The average Bonchev–Trinajstić information content (AvgIpc) is 2.46. The van der Waals surface area contributed by atoms with E-state index in [1.54, 1.807) is 24.3 Å². The van der Waals surface area contributed by atoms with Crippen molar-refractivity contribution in [3.05, 3.63) is 65.7 Å². The number of hydrogen-bond acceptors (Lipinski definition) is 4. The van der Waals surface area contributed by atoms with Crippen molar-refractivity contribution >= 4 is 5.97 Å². The van der Waals surface area contributed by atoms with E-state index in [1.165, 1.54) is 6.92 Å². The third kappa shape index (κ3) is 3.16. The van der Waals surface area contributed by atoms with E-state index < -0.39 is 11.5 Å². The number of carbonyl (C=O) groups excluding carboxylic acids is 1. The first-order chi connectivity index (χ1) is 9.50. The zero-order valence-electron chi connectivity index (χ0n) is 11.2. The molecule has 0 spiro atoms. The molecule has 2 N–H and O–H groups in total.